The third-order valence-corrected chi connectivity index (χ3v) is 7.32. The van der Waals surface area contributed by atoms with Crippen LogP contribution in [0.1, 0.15) is 19.3 Å². The molecule has 1 aromatic carbocycles. The second kappa shape index (κ2) is 6.50. The number of anilines is 2. The van der Waals surface area contributed by atoms with E-state index in [4.69, 9.17) is 34.7 Å². The highest BCUT2D eigenvalue weighted by atomic mass is 35.5. The Hall–Kier alpha value is -1.21. The predicted molar refractivity (Wildman–Crippen MR) is 104 cm³/mol. The molecule has 1 saturated heterocycles. The number of halogens is 2. The molecule has 1 aliphatic carbocycles. The molecule has 2 heterocycles. The van der Waals surface area contributed by atoms with Gasteiger partial charge in [-0.1, -0.05) is 41.0 Å². The zero-order chi connectivity index (χ0) is 17.6. The maximum Gasteiger partial charge on any atom is 0.158 e. The van der Waals surface area contributed by atoms with Gasteiger partial charge in [-0.3, -0.25) is 0 Å². The van der Waals surface area contributed by atoms with Crippen molar-refractivity contribution in [3.8, 4) is 0 Å². The molecule has 1 aliphatic heterocycles. The Balaban J connectivity index is 1.52. The SMILES string of the molecule is Nc1nc(N2CC[C@@]3(CC[C@@H]3N)C2)cnc1Sc1cccc(Cl)c1Cl. The summed E-state index contributed by atoms with van der Waals surface area (Å²) in [5.41, 5.74) is 12.6. The molecule has 0 radical (unpaired) electrons. The van der Waals surface area contributed by atoms with Crippen molar-refractivity contribution in [1.29, 1.82) is 0 Å². The summed E-state index contributed by atoms with van der Waals surface area (Å²) in [7, 11) is 0. The summed E-state index contributed by atoms with van der Waals surface area (Å²) < 4.78 is 0. The molecule has 25 heavy (non-hydrogen) atoms. The first-order valence-corrected chi connectivity index (χ1v) is 9.81. The van der Waals surface area contributed by atoms with Gasteiger partial charge in [-0.15, -0.1) is 0 Å². The van der Waals surface area contributed by atoms with E-state index in [1.165, 1.54) is 18.2 Å². The molecule has 0 bridgehead atoms. The van der Waals surface area contributed by atoms with E-state index in [2.05, 4.69) is 14.9 Å². The Morgan fingerprint density at radius 1 is 1.28 bits per heavy atom. The Bertz CT molecular complexity index is 818. The van der Waals surface area contributed by atoms with Crippen LogP contribution in [0.2, 0.25) is 10.0 Å². The van der Waals surface area contributed by atoms with E-state index in [1.54, 1.807) is 12.3 Å². The molecule has 1 spiro atoms. The zero-order valence-electron chi connectivity index (χ0n) is 13.6. The molecular weight excluding hydrogens is 377 g/mol. The van der Waals surface area contributed by atoms with Gasteiger partial charge in [0.05, 0.1) is 16.2 Å². The van der Waals surface area contributed by atoms with Gasteiger partial charge >= 0.3 is 0 Å². The Labute approximate surface area is 161 Å². The lowest BCUT2D eigenvalue weighted by Gasteiger charge is -2.44. The summed E-state index contributed by atoms with van der Waals surface area (Å²) in [6.45, 7) is 1.89. The summed E-state index contributed by atoms with van der Waals surface area (Å²) >= 11 is 13.7. The van der Waals surface area contributed by atoms with Crippen molar-refractivity contribution in [3.63, 3.8) is 0 Å². The summed E-state index contributed by atoms with van der Waals surface area (Å²) in [6, 6.07) is 5.79. The minimum Gasteiger partial charge on any atom is -0.381 e. The van der Waals surface area contributed by atoms with Crippen LogP contribution in [0.15, 0.2) is 34.3 Å². The molecule has 1 aromatic heterocycles. The van der Waals surface area contributed by atoms with Gasteiger partial charge in [-0.05, 0) is 31.4 Å². The van der Waals surface area contributed by atoms with Crippen LogP contribution in [0, 0.1) is 5.41 Å². The van der Waals surface area contributed by atoms with E-state index in [0.29, 0.717) is 26.9 Å². The molecule has 8 heteroatoms. The first kappa shape index (κ1) is 17.2. The molecule has 2 aromatic rings. The molecule has 2 aliphatic rings. The molecule has 0 unspecified atom stereocenters. The van der Waals surface area contributed by atoms with Crippen LogP contribution in [-0.2, 0) is 0 Å². The van der Waals surface area contributed by atoms with Gasteiger partial charge < -0.3 is 16.4 Å². The van der Waals surface area contributed by atoms with Gasteiger partial charge in [-0.25, -0.2) is 9.97 Å². The molecule has 2 atom stereocenters. The minimum absolute atomic E-state index is 0.262. The normalized spacial score (nSPS) is 25.4. The molecule has 5 nitrogen and oxygen atoms in total. The van der Waals surface area contributed by atoms with Crippen molar-refractivity contribution in [1.82, 2.24) is 9.97 Å². The lowest BCUT2D eigenvalue weighted by atomic mass is 9.64. The number of nitrogens with two attached hydrogens (primary N) is 2. The first-order chi connectivity index (χ1) is 12.0. The van der Waals surface area contributed by atoms with Crippen molar-refractivity contribution in [2.45, 2.75) is 35.2 Å². The number of hydrogen-bond donors (Lipinski definition) is 2. The maximum atomic E-state index is 6.24. The van der Waals surface area contributed by atoms with Crippen molar-refractivity contribution in [2.75, 3.05) is 23.7 Å². The van der Waals surface area contributed by atoms with Gasteiger partial charge in [0.1, 0.15) is 10.8 Å². The quantitative estimate of drug-likeness (QED) is 0.821. The van der Waals surface area contributed by atoms with Crippen LogP contribution in [0.5, 0.6) is 0 Å². The Morgan fingerprint density at radius 3 is 2.76 bits per heavy atom. The van der Waals surface area contributed by atoms with Crippen molar-refractivity contribution in [2.24, 2.45) is 11.1 Å². The van der Waals surface area contributed by atoms with Crippen molar-refractivity contribution < 1.29 is 0 Å². The third kappa shape index (κ3) is 3.05. The summed E-state index contributed by atoms with van der Waals surface area (Å²) in [6.07, 6.45) is 5.22. The first-order valence-electron chi connectivity index (χ1n) is 8.23. The van der Waals surface area contributed by atoms with Gasteiger partial charge in [-0.2, -0.15) is 0 Å². The van der Waals surface area contributed by atoms with E-state index in [0.717, 1.165) is 36.6 Å². The topological polar surface area (TPSA) is 81.1 Å². The number of nitrogens with zero attached hydrogens (tertiary/aromatic N) is 3. The van der Waals surface area contributed by atoms with Crippen LogP contribution in [-0.4, -0.2) is 29.1 Å². The second-order valence-electron chi connectivity index (χ2n) is 6.75. The smallest absolute Gasteiger partial charge is 0.158 e. The average Bonchev–Trinajstić information content (AvgIpc) is 3.07. The highest BCUT2D eigenvalue weighted by Gasteiger charge is 2.49. The number of rotatable bonds is 3. The molecule has 2 fully saturated rings. The highest BCUT2D eigenvalue weighted by molar-refractivity contribution is 7.99. The predicted octanol–water partition coefficient (Wildman–Crippen LogP) is 3.83. The molecule has 132 valence electrons. The van der Waals surface area contributed by atoms with Gasteiger partial charge in [0.25, 0.3) is 0 Å². The molecule has 0 amide bonds. The number of hydrogen-bond acceptors (Lipinski definition) is 6. The monoisotopic (exact) mass is 395 g/mol. The molecule has 4 N–H and O–H groups in total. The van der Waals surface area contributed by atoms with Crippen molar-refractivity contribution >= 4 is 46.6 Å². The number of benzene rings is 1. The zero-order valence-corrected chi connectivity index (χ0v) is 15.9. The van der Waals surface area contributed by atoms with E-state index in [9.17, 15) is 0 Å². The van der Waals surface area contributed by atoms with E-state index < -0.39 is 0 Å². The van der Waals surface area contributed by atoms with Crippen LogP contribution >= 0.6 is 35.0 Å². The Morgan fingerprint density at radius 2 is 2.12 bits per heavy atom. The number of aromatic nitrogens is 2. The van der Waals surface area contributed by atoms with Gasteiger partial charge in [0, 0.05) is 29.4 Å². The second-order valence-corrected chi connectivity index (χ2v) is 8.57. The van der Waals surface area contributed by atoms with Crippen LogP contribution in [0.4, 0.5) is 11.6 Å². The maximum absolute atomic E-state index is 6.24. The van der Waals surface area contributed by atoms with E-state index in [-0.39, 0.29) is 5.41 Å². The lowest BCUT2D eigenvalue weighted by Crippen LogP contribution is -2.52. The van der Waals surface area contributed by atoms with Crippen LogP contribution < -0.4 is 16.4 Å². The number of nitrogen functional groups attached to an aromatic ring is 1. The van der Waals surface area contributed by atoms with E-state index in [1.807, 2.05) is 12.1 Å². The van der Waals surface area contributed by atoms with Crippen molar-refractivity contribution in [3.05, 3.63) is 34.4 Å². The minimum atomic E-state index is 0.262. The molecule has 4 rings (SSSR count). The summed E-state index contributed by atoms with van der Waals surface area (Å²) in [5.74, 6) is 1.22. The molecule has 1 saturated carbocycles. The largest absolute Gasteiger partial charge is 0.381 e. The average molecular weight is 396 g/mol. The Kier molecular flexibility index (Phi) is 4.48. The van der Waals surface area contributed by atoms with Crippen LogP contribution in [0.3, 0.4) is 0 Å². The fourth-order valence-corrected chi connectivity index (χ4v) is 4.88. The van der Waals surface area contributed by atoms with Crippen LogP contribution in [0.25, 0.3) is 0 Å². The third-order valence-electron chi connectivity index (χ3n) is 5.32. The highest BCUT2D eigenvalue weighted by Crippen LogP contribution is 2.48. The van der Waals surface area contributed by atoms with Gasteiger partial charge in [0.15, 0.2) is 5.82 Å². The fraction of sp³-hybridized carbons (Fsp3) is 0.412. The van der Waals surface area contributed by atoms with E-state index >= 15 is 0 Å². The molecular formula is C17H19Cl2N5S. The fourth-order valence-electron chi connectivity index (χ4n) is 3.60. The van der Waals surface area contributed by atoms with Gasteiger partial charge in [0.2, 0.25) is 0 Å². The standard InChI is InChI=1S/C17H19Cl2N5S/c18-10-2-1-3-11(14(10)19)25-16-15(21)23-13(8-22-16)24-7-6-17(9-24)5-4-12(17)20/h1-3,8,12H,4-7,9,20H2,(H2,21,23)/t12-,17-/m0/s1. The lowest BCUT2D eigenvalue weighted by molar-refractivity contribution is 0.122. The summed E-state index contributed by atoms with van der Waals surface area (Å²) in [5, 5.41) is 1.64. The summed E-state index contributed by atoms with van der Waals surface area (Å²) in [4.78, 5) is 12.1.